The minimum Gasteiger partial charge on any atom is -0.345 e. The maximum absolute atomic E-state index is 4.76. The molecule has 0 bridgehead atoms. The van der Waals surface area contributed by atoms with Crippen LogP contribution in [0, 0.1) is 0 Å². The maximum Gasteiger partial charge on any atom is 0.185 e. The second kappa shape index (κ2) is 5.69. The fourth-order valence-corrected chi connectivity index (χ4v) is 4.14. The molecule has 8 heteroatoms. The average Bonchev–Trinajstić information content (AvgIpc) is 3.28. The Morgan fingerprint density at radius 1 is 1.05 bits per heavy atom. The predicted molar refractivity (Wildman–Crippen MR) is 90.9 cm³/mol. The lowest BCUT2D eigenvalue weighted by Gasteiger charge is -2.34. The zero-order valence-corrected chi connectivity index (χ0v) is 13.8. The van der Waals surface area contributed by atoms with Gasteiger partial charge in [0.25, 0.3) is 0 Å². The Labute approximate surface area is 136 Å². The van der Waals surface area contributed by atoms with E-state index < -0.39 is 0 Å². The molecule has 1 aliphatic heterocycles. The average molecular weight is 332 g/mol. The van der Waals surface area contributed by atoms with E-state index in [4.69, 9.17) is 4.98 Å². The normalized spacial score (nSPS) is 15.5. The summed E-state index contributed by atoms with van der Waals surface area (Å²) in [5.41, 5.74) is 2.09. The van der Waals surface area contributed by atoms with E-state index >= 15 is 0 Å². The number of hydrogen-bond acceptors (Lipinski definition) is 7. The highest BCUT2D eigenvalue weighted by atomic mass is 32.1. The van der Waals surface area contributed by atoms with Crippen LogP contribution in [0.25, 0.3) is 11.3 Å². The van der Waals surface area contributed by atoms with Crippen LogP contribution in [0.3, 0.4) is 0 Å². The van der Waals surface area contributed by atoms with Crippen molar-refractivity contribution >= 4 is 32.9 Å². The molecule has 6 nitrogen and oxygen atoms in total. The summed E-state index contributed by atoms with van der Waals surface area (Å²) in [6.07, 6.45) is 5.73. The van der Waals surface area contributed by atoms with E-state index in [1.54, 1.807) is 27.4 Å². The second-order valence-electron chi connectivity index (χ2n) is 5.21. The largest absolute Gasteiger partial charge is 0.345 e. The maximum atomic E-state index is 4.76. The summed E-state index contributed by atoms with van der Waals surface area (Å²) in [4.78, 5) is 13.9. The van der Waals surface area contributed by atoms with E-state index in [-0.39, 0.29) is 0 Å². The summed E-state index contributed by atoms with van der Waals surface area (Å²) in [5.74, 6) is 0. The quantitative estimate of drug-likeness (QED) is 0.737. The highest BCUT2D eigenvalue weighted by molar-refractivity contribution is 7.14. The molecule has 1 fully saturated rings. The van der Waals surface area contributed by atoms with Crippen molar-refractivity contribution in [2.45, 2.75) is 0 Å². The molecule has 0 radical (unpaired) electrons. The predicted octanol–water partition coefficient (Wildman–Crippen LogP) is 2.33. The van der Waals surface area contributed by atoms with Crippen molar-refractivity contribution < 1.29 is 0 Å². The van der Waals surface area contributed by atoms with Crippen molar-refractivity contribution in [3.8, 4) is 11.3 Å². The molecule has 4 heterocycles. The molecule has 0 saturated carbocycles. The molecule has 0 aliphatic carbocycles. The van der Waals surface area contributed by atoms with Crippen LogP contribution in [-0.2, 0) is 7.05 Å². The first-order chi connectivity index (χ1) is 10.8. The van der Waals surface area contributed by atoms with Crippen LogP contribution in [0.5, 0.6) is 0 Å². The van der Waals surface area contributed by atoms with Crippen LogP contribution in [-0.4, -0.2) is 45.9 Å². The standard InChI is InChI=1S/C14H16N6S2/c1-18-9-11(8-16-18)12-10-22-14(17-12)20-5-3-19(4-6-20)13-15-2-7-21-13/h2,7-10H,3-6H2,1H3. The molecule has 1 saturated heterocycles. The highest BCUT2D eigenvalue weighted by Gasteiger charge is 2.21. The zero-order chi connectivity index (χ0) is 14.9. The van der Waals surface area contributed by atoms with Crippen LogP contribution >= 0.6 is 22.7 Å². The third-order valence-electron chi connectivity index (χ3n) is 3.73. The van der Waals surface area contributed by atoms with Gasteiger partial charge in [-0.25, -0.2) is 9.97 Å². The van der Waals surface area contributed by atoms with E-state index in [9.17, 15) is 0 Å². The second-order valence-corrected chi connectivity index (χ2v) is 6.92. The van der Waals surface area contributed by atoms with Crippen LogP contribution < -0.4 is 9.80 Å². The summed E-state index contributed by atoms with van der Waals surface area (Å²) < 4.78 is 1.81. The molecule has 0 aromatic carbocycles. The highest BCUT2D eigenvalue weighted by Crippen LogP contribution is 2.28. The van der Waals surface area contributed by atoms with Crippen molar-refractivity contribution in [2.75, 3.05) is 36.0 Å². The summed E-state index contributed by atoms with van der Waals surface area (Å²) in [5, 5.41) is 10.6. The van der Waals surface area contributed by atoms with Gasteiger partial charge in [-0.05, 0) is 0 Å². The Kier molecular flexibility index (Phi) is 3.55. The van der Waals surface area contributed by atoms with Gasteiger partial charge in [-0.1, -0.05) is 0 Å². The van der Waals surface area contributed by atoms with Gasteiger partial charge >= 0.3 is 0 Å². The molecule has 0 amide bonds. The first kappa shape index (κ1) is 13.7. The summed E-state index contributed by atoms with van der Waals surface area (Å²) >= 11 is 3.41. The van der Waals surface area contributed by atoms with Crippen molar-refractivity contribution in [2.24, 2.45) is 7.05 Å². The van der Waals surface area contributed by atoms with Gasteiger partial charge < -0.3 is 9.80 Å². The van der Waals surface area contributed by atoms with Crippen LogP contribution in [0.4, 0.5) is 10.3 Å². The van der Waals surface area contributed by atoms with E-state index in [0.29, 0.717) is 0 Å². The Balaban J connectivity index is 1.45. The molecule has 0 spiro atoms. The van der Waals surface area contributed by atoms with Crippen molar-refractivity contribution in [1.82, 2.24) is 19.7 Å². The lowest BCUT2D eigenvalue weighted by molar-refractivity contribution is 0.651. The van der Waals surface area contributed by atoms with E-state index in [1.807, 2.05) is 31.0 Å². The number of aryl methyl sites for hydroxylation is 1. The zero-order valence-electron chi connectivity index (χ0n) is 12.2. The van der Waals surface area contributed by atoms with Gasteiger partial charge in [-0.2, -0.15) is 5.10 Å². The fraction of sp³-hybridized carbons (Fsp3) is 0.357. The molecule has 3 aromatic rings. The minimum absolute atomic E-state index is 0.986. The number of piperazine rings is 1. The molecule has 22 heavy (non-hydrogen) atoms. The summed E-state index contributed by atoms with van der Waals surface area (Å²) in [7, 11) is 1.93. The monoisotopic (exact) mass is 332 g/mol. The third-order valence-corrected chi connectivity index (χ3v) is 5.47. The SMILES string of the molecule is Cn1cc(-c2csc(N3CCN(c4nccs4)CC3)n2)cn1. The Hall–Kier alpha value is -1.93. The van der Waals surface area contributed by atoms with E-state index in [1.165, 1.54) is 0 Å². The van der Waals surface area contributed by atoms with Crippen LogP contribution in [0.1, 0.15) is 0 Å². The fourth-order valence-electron chi connectivity index (χ4n) is 2.56. The number of aromatic nitrogens is 4. The number of thiazole rings is 2. The van der Waals surface area contributed by atoms with Crippen LogP contribution in [0.15, 0.2) is 29.4 Å². The molecular formula is C14H16N6S2. The van der Waals surface area contributed by atoms with Gasteiger partial charge in [0.1, 0.15) is 0 Å². The molecule has 0 atom stereocenters. The van der Waals surface area contributed by atoms with E-state index in [0.717, 1.165) is 47.7 Å². The molecule has 4 rings (SSSR count). The number of hydrogen-bond donors (Lipinski definition) is 0. The third kappa shape index (κ3) is 2.59. The lowest BCUT2D eigenvalue weighted by Crippen LogP contribution is -2.46. The summed E-state index contributed by atoms with van der Waals surface area (Å²) in [6, 6.07) is 0. The van der Waals surface area contributed by atoms with Gasteiger partial charge in [-0.15, -0.1) is 22.7 Å². The smallest absolute Gasteiger partial charge is 0.185 e. The molecule has 1 aliphatic rings. The van der Waals surface area contributed by atoms with Gasteiger partial charge in [-0.3, -0.25) is 4.68 Å². The topological polar surface area (TPSA) is 50.1 Å². The van der Waals surface area contributed by atoms with Gasteiger partial charge in [0, 0.05) is 61.9 Å². The number of nitrogens with zero attached hydrogens (tertiary/aromatic N) is 6. The van der Waals surface area contributed by atoms with Gasteiger partial charge in [0.05, 0.1) is 11.9 Å². The van der Waals surface area contributed by atoms with Crippen molar-refractivity contribution in [3.63, 3.8) is 0 Å². The van der Waals surface area contributed by atoms with E-state index in [2.05, 4.69) is 25.3 Å². The van der Waals surface area contributed by atoms with Crippen molar-refractivity contribution in [1.29, 1.82) is 0 Å². The molecule has 3 aromatic heterocycles. The molecule has 0 unspecified atom stereocenters. The van der Waals surface area contributed by atoms with Crippen molar-refractivity contribution in [3.05, 3.63) is 29.4 Å². The molecule has 0 N–H and O–H groups in total. The number of anilines is 2. The lowest BCUT2D eigenvalue weighted by atomic mass is 10.3. The number of rotatable bonds is 3. The minimum atomic E-state index is 0.986. The first-order valence-electron chi connectivity index (χ1n) is 7.13. The first-order valence-corrected chi connectivity index (χ1v) is 8.89. The Morgan fingerprint density at radius 2 is 1.82 bits per heavy atom. The molecule has 114 valence electrons. The Bertz CT molecular complexity index is 739. The molecular weight excluding hydrogens is 316 g/mol. The van der Waals surface area contributed by atoms with Gasteiger partial charge in [0.15, 0.2) is 10.3 Å². The Morgan fingerprint density at radius 3 is 2.45 bits per heavy atom. The van der Waals surface area contributed by atoms with Gasteiger partial charge in [0.2, 0.25) is 0 Å². The van der Waals surface area contributed by atoms with Crippen LogP contribution in [0.2, 0.25) is 0 Å². The summed E-state index contributed by atoms with van der Waals surface area (Å²) in [6.45, 7) is 3.96.